The number of carbonyl (C=O) groups is 2. The van der Waals surface area contributed by atoms with E-state index >= 15 is 0 Å². The van der Waals surface area contributed by atoms with Crippen LogP contribution in [0.5, 0.6) is 5.75 Å². The van der Waals surface area contributed by atoms with Gasteiger partial charge >= 0.3 is 6.09 Å². The van der Waals surface area contributed by atoms with Gasteiger partial charge in [-0.1, -0.05) is 42.5 Å². The van der Waals surface area contributed by atoms with Gasteiger partial charge in [0.05, 0.1) is 19.3 Å². The fourth-order valence-corrected chi connectivity index (χ4v) is 5.57. The Bertz CT molecular complexity index is 1080. The second-order valence-corrected chi connectivity index (χ2v) is 11.7. The van der Waals surface area contributed by atoms with Gasteiger partial charge in [-0.15, -0.1) is 0 Å². The lowest BCUT2D eigenvalue weighted by Crippen LogP contribution is -2.50. The van der Waals surface area contributed by atoms with Crippen molar-refractivity contribution in [1.82, 2.24) is 9.80 Å². The van der Waals surface area contributed by atoms with E-state index in [2.05, 4.69) is 12.1 Å². The standard InChI is InChI=1S/C32H44N2O5/c1-5-37-28-13-9-12-25(21-28)22-34(31(36)39-32(2,3)4)27-16-14-26(15-17-27)30(35)33-18-19-38-29(23-33)20-24-10-7-6-8-11-24/h6-13,21,26-27,29H,5,14-20,22-23H2,1-4H3/t26?,27?,29-/m0/s1. The molecule has 1 heterocycles. The van der Waals surface area contributed by atoms with Crippen LogP contribution < -0.4 is 4.74 Å². The number of amides is 2. The molecule has 0 radical (unpaired) electrons. The van der Waals surface area contributed by atoms with E-state index in [4.69, 9.17) is 14.2 Å². The van der Waals surface area contributed by atoms with Crippen LogP contribution in [0.3, 0.4) is 0 Å². The molecule has 7 nitrogen and oxygen atoms in total. The van der Waals surface area contributed by atoms with Gasteiger partial charge in [0.25, 0.3) is 0 Å². The van der Waals surface area contributed by atoms with Crippen molar-refractivity contribution in [3.8, 4) is 5.75 Å². The fraction of sp³-hybridized carbons (Fsp3) is 0.562. The van der Waals surface area contributed by atoms with Gasteiger partial charge in [0.2, 0.25) is 5.91 Å². The zero-order valence-electron chi connectivity index (χ0n) is 23.9. The third-order valence-electron chi connectivity index (χ3n) is 7.43. The van der Waals surface area contributed by atoms with E-state index in [0.29, 0.717) is 32.8 Å². The van der Waals surface area contributed by atoms with Crippen LogP contribution in [-0.4, -0.2) is 65.9 Å². The molecular weight excluding hydrogens is 492 g/mol. The third kappa shape index (κ3) is 8.46. The van der Waals surface area contributed by atoms with Gasteiger partial charge in [0.1, 0.15) is 11.4 Å². The van der Waals surface area contributed by atoms with Gasteiger partial charge < -0.3 is 24.0 Å². The lowest BCUT2D eigenvalue weighted by atomic mass is 9.84. The predicted molar refractivity (Wildman–Crippen MR) is 152 cm³/mol. The van der Waals surface area contributed by atoms with Crippen LogP contribution in [0, 0.1) is 5.92 Å². The van der Waals surface area contributed by atoms with E-state index in [1.54, 1.807) is 0 Å². The highest BCUT2D eigenvalue weighted by atomic mass is 16.6. The minimum absolute atomic E-state index is 0.0153. The van der Waals surface area contributed by atoms with E-state index in [1.807, 2.05) is 80.0 Å². The molecule has 0 spiro atoms. The molecule has 1 saturated carbocycles. The number of rotatable bonds is 8. The Morgan fingerprint density at radius 2 is 1.72 bits per heavy atom. The molecule has 2 amide bonds. The van der Waals surface area contributed by atoms with Crippen molar-refractivity contribution in [2.75, 3.05) is 26.3 Å². The molecule has 0 aromatic heterocycles. The van der Waals surface area contributed by atoms with Crippen molar-refractivity contribution >= 4 is 12.0 Å². The van der Waals surface area contributed by atoms with Crippen molar-refractivity contribution in [2.45, 2.75) is 84.1 Å². The SMILES string of the molecule is CCOc1cccc(CN(C(=O)OC(C)(C)C)C2CCC(C(=O)N3CCO[C@@H](Cc4ccccc4)C3)CC2)c1. The zero-order valence-corrected chi connectivity index (χ0v) is 23.9. The van der Waals surface area contributed by atoms with Crippen LogP contribution in [0.4, 0.5) is 4.79 Å². The van der Waals surface area contributed by atoms with E-state index < -0.39 is 5.60 Å². The summed E-state index contributed by atoms with van der Waals surface area (Å²) in [4.78, 5) is 30.6. The molecule has 0 N–H and O–H groups in total. The largest absolute Gasteiger partial charge is 0.494 e. The molecule has 1 aliphatic carbocycles. The molecule has 1 atom stereocenters. The maximum atomic E-state index is 13.5. The lowest BCUT2D eigenvalue weighted by Gasteiger charge is -2.40. The molecule has 2 fully saturated rings. The molecule has 0 unspecified atom stereocenters. The highest BCUT2D eigenvalue weighted by Gasteiger charge is 2.36. The smallest absolute Gasteiger partial charge is 0.410 e. The van der Waals surface area contributed by atoms with Gasteiger partial charge in [-0.25, -0.2) is 4.79 Å². The van der Waals surface area contributed by atoms with Gasteiger partial charge in [0.15, 0.2) is 0 Å². The summed E-state index contributed by atoms with van der Waals surface area (Å²) in [7, 11) is 0. The van der Waals surface area contributed by atoms with Crippen molar-refractivity contribution in [3.05, 3.63) is 65.7 Å². The van der Waals surface area contributed by atoms with Crippen LogP contribution in [-0.2, 0) is 27.2 Å². The number of hydrogen-bond acceptors (Lipinski definition) is 5. The minimum atomic E-state index is -0.581. The first kappa shape index (κ1) is 28.9. The molecule has 1 aliphatic heterocycles. The summed E-state index contributed by atoms with van der Waals surface area (Å²) in [5, 5.41) is 0. The fourth-order valence-electron chi connectivity index (χ4n) is 5.57. The van der Waals surface area contributed by atoms with Crippen molar-refractivity contribution in [2.24, 2.45) is 5.92 Å². The average Bonchev–Trinajstić information content (AvgIpc) is 2.92. The Labute approximate surface area is 233 Å². The highest BCUT2D eigenvalue weighted by molar-refractivity contribution is 5.79. The van der Waals surface area contributed by atoms with Crippen LogP contribution in [0.2, 0.25) is 0 Å². The Balaban J connectivity index is 1.37. The number of morpholine rings is 1. The molecule has 212 valence electrons. The number of ether oxygens (including phenoxy) is 3. The number of benzene rings is 2. The Kier molecular flexibility index (Phi) is 9.89. The van der Waals surface area contributed by atoms with Crippen LogP contribution in [0.25, 0.3) is 0 Å². The van der Waals surface area contributed by atoms with Crippen molar-refractivity contribution in [1.29, 1.82) is 0 Å². The first-order valence-corrected chi connectivity index (χ1v) is 14.4. The molecular formula is C32H44N2O5. The van der Waals surface area contributed by atoms with E-state index in [0.717, 1.165) is 43.4 Å². The highest BCUT2D eigenvalue weighted by Crippen LogP contribution is 2.32. The quantitative estimate of drug-likeness (QED) is 0.423. The molecule has 4 rings (SSSR count). The molecule has 2 aromatic rings. The second kappa shape index (κ2) is 13.3. The molecule has 1 saturated heterocycles. The lowest BCUT2D eigenvalue weighted by molar-refractivity contribution is -0.144. The van der Waals surface area contributed by atoms with E-state index in [-0.39, 0.29) is 30.1 Å². The summed E-state index contributed by atoms with van der Waals surface area (Å²) in [6.45, 7) is 10.5. The van der Waals surface area contributed by atoms with E-state index in [9.17, 15) is 9.59 Å². The summed E-state index contributed by atoms with van der Waals surface area (Å²) < 4.78 is 17.5. The van der Waals surface area contributed by atoms with Gasteiger partial charge in [-0.3, -0.25) is 4.79 Å². The van der Waals surface area contributed by atoms with Gasteiger partial charge in [-0.05, 0) is 76.6 Å². The number of hydrogen-bond donors (Lipinski definition) is 0. The normalized spacial score (nSPS) is 21.7. The van der Waals surface area contributed by atoms with Crippen LogP contribution in [0.1, 0.15) is 64.5 Å². The number of nitrogens with zero attached hydrogens (tertiary/aromatic N) is 2. The first-order chi connectivity index (χ1) is 18.7. The monoisotopic (exact) mass is 536 g/mol. The van der Waals surface area contributed by atoms with Crippen LogP contribution >= 0.6 is 0 Å². The molecule has 2 aromatic carbocycles. The van der Waals surface area contributed by atoms with Crippen LogP contribution in [0.15, 0.2) is 54.6 Å². The summed E-state index contributed by atoms with van der Waals surface area (Å²) in [5.41, 5.74) is 1.65. The van der Waals surface area contributed by atoms with Crippen molar-refractivity contribution in [3.63, 3.8) is 0 Å². The second-order valence-electron chi connectivity index (χ2n) is 11.7. The summed E-state index contributed by atoms with van der Waals surface area (Å²) in [6.07, 6.45) is 3.61. The maximum absolute atomic E-state index is 13.5. The summed E-state index contributed by atoms with van der Waals surface area (Å²) in [6, 6.07) is 18.2. The van der Waals surface area contributed by atoms with Gasteiger partial charge in [-0.2, -0.15) is 0 Å². The third-order valence-corrected chi connectivity index (χ3v) is 7.43. The van der Waals surface area contributed by atoms with Crippen molar-refractivity contribution < 1.29 is 23.8 Å². The Hall–Kier alpha value is -3.06. The minimum Gasteiger partial charge on any atom is -0.494 e. The molecule has 39 heavy (non-hydrogen) atoms. The zero-order chi connectivity index (χ0) is 27.8. The molecule has 2 aliphatic rings. The molecule has 0 bridgehead atoms. The summed E-state index contributed by atoms with van der Waals surface area (Å²) >= 11 is 0. The maximum Gasteiger partial charge on any atom is 0.410 e. The van der Waals surface area contributed by atoms with Gasteiger partial charge in [0, 0.05) is 38.0 Å². The predicted octanol–water partition coefficient (Wildman–Crippen LogP) is 5.85. The van der Waals surface area contributed by atoms with E-state index in [1.165, 1.54) is 5.56 Å². The topological polar surface area (TPSA) is 68.3 Å². The summed E-state index contributed by atoms with van der Waals surface area (Å²) in [5.74, 6) is 1.01. The molecule has 7 heteroatoms. The Morgan fingerprint density at radius 1 is 1.00 bits per heavy atom. The Morgan fingerprint density at radius 3 is 2.41 bits per heavy atom. The average molecular weight is 537 g/mol. The number of carbonyl (C=O) groups excluding carboxylic acids is 2. The first-order valence-electron chi connectivity index (χ1n) is 14.4.